The van der Waals surface area contributed by atoms with Crippen LogP contribution in [0.4, 0.5) is 11.6 Å². The van der Waals surface area contributed by atoms with E-state index in [-0.39, 0.29) is 11.4 Å². The van der Waals surface area contributed by atoms with Crippen LogP contribution in [0.5, 0.6) is 0 Å². The summed E-state index contributed by atoms with van der Waals surface area (Å²) in [5.41, 5.74) is 10.6. The number of rotatable bonds is 5. The van der Waals surface area contributed by atoms with E-state index in [1.165, 1.54) is 6.33 Å². The molecule has 30 heavy (non-hydrogen) atoms. The van der Waals surface area contributed by atoms with Crippen LogP contribution in [0.2, 0.25) is 0 Å². The highest BCUT2D eigenvalue weighted by molar-refractivity contribution is 5.92. The van der Waals surface area contributed by atoms with Crippen molar-refractivity contribution in [1.29, 1.82) is 10.5 Å². The molecule has 0 aliphatic heterocycles. The quantitative estimate of drug-likeness (QED) is 0.532. The summed E-state index contributed by atoms with van der Waals surface area (Å²) in [6.07, 6.45) is 1.96. The Bertz CT molecular complexity index is 1310. The lowest BCUT2D eigenvalue weighted by Crippen LogP contribution is -2.12. The van der Waals surface area contributed by atoms with Gasteiger partial charge in [0.25, 0.3) is 0 Å². The summed E-state index contributed by atoms with van der Waals surface area (Å²) in [4.78, 5) is 12.7. The summed E-state index contributed by atoms with van der Waals surface area (Å²) in [7, 11) is 1.99. The van der Waals surface area contributed by atoms with Gasteiger partial charge < -0.3 is 15.6 Å². The summed E-state index contributed by atoms with van der Waals surface area (Å²) >= 11 is 0. The van der Waals surface area contributed by atoms with E-state index in [1.807, 2.05) is 49.5 Å². The lowest BCUT2D eigenvalue weighted by molar-refractivity contribution is 0.806. The Morgan fingerprint density at radius 3 is 2.60 bits per heavy atom. The van der Waals surface area contributed by atoms with Gasteiger partial charge in [-0.2, -0.15) is 10.5 Å². The van der Waals surface area contributed by atoms with E-state index >= 15 is 0 Å². The highest BCUT2D eigenvalue weighted by atomic mass is 15.1. The number of nitrogens with two attached hydrogens (primary N) is 1. The van der Waals surface area contributed by atoms with Crippen molar-refractivity contribution in [3.8, 4) is 23.3 Å². The third-order valence-corrected chi connectivity index (χ3v) is 4.94. The lowest BCUT2D eigenvalue weighted by atomic mass is 10.0. The second kappa shape index (κ2) is 7.90. The zero-order valence-electron chi connectivity index (χ0n) is 16.3. The van der Waals surface area contributed by atoms with Crippen LogP contribution in [-0.4, -0.2) is 26.1 Å². The molecule has 0 bridgehead atoms. The van der Waals surface area contributed by atoms with Crippen LogP contribution in [0.15, 0.2) is 48.8 Å². The van der Waals surface area contributed by atoms with Crippen molar-refractivity contribution in [2.45, 2.75) is 6.42 Å². The van der Waals surface area contributed by atoms with Gasteiger partial charge in [0.2, 0.25) is 0 Å². The Morgan fingerprint density at radius 1 is 1.07 bits per heavy atom. The number of nitrogen functional groups attached to an aromatic ring is 1. The van der Waals surface area contributed by atoms with Gasteiger partial charge in [0, 0.05) is 25.6 Å². The Labute approximate surface area is 173 Å². The fraction of sp³-hybridized carbons (Fsp3) is 0.136. The molecule has 0 radical (unpaired) electrons. The smallest absolute Gasteiger partial charge is 0.149 e. The van der Waals surface area contributed by atoms with Gasteiger partial charge in [-0.05, 0) is 23.8 Å². The Morgan fingerprint density at radius 2 is 1.87 bits per heavy atom. The van der Waals surface area contributed by atoms with E-state index in [9.17, 15) is 5.26 Å². The monoisotopic (exact) mass is 394 g/mol. The number of nitrogens with zero attached hydrogens (tertiary/aromatic N) is 6. The molecule has 0 aliphatic rings. The summed E-state index contributed by atoms with van der Waals surface area (Å²) in [6, 6.07) is 17.7. The number of hydrogen-bond donors (Lipinski definition) is 2. The van der Waals surface area contributed by atoms with Crippen molar-refractivity contribution in [3.63, 3.8) is 0 Å². The van der Waals surface area contributed by atoms with Crippen molar-refractivity contribution in [1.82, 2.24) is 19.5 Å². The molecule has 4 rings (SSSR count). The highest BCUT2D eigenvalue weighted by Crippen LogP contribution is 2.29. The van der Waals surface area contributed by atoms with Gasteiger partial charge in [0.1, 0.15) is 35.4 Å². The minimum atomic E-state index is 0.157. The first-order valence-electron chi connectivity index (χ1n) is 9.31. The van der Waals surface area contributed by atoms with Crippen LogP contribution >= 0.6 is 0 Å². The normalized spacial score (nSPS) is 10.5. The average molecular weight is 394 g/mol. The zero-order valence-corrected chi connectivity index (χ0v) is 16.3. The maximum atomic E-state index is 9.24. The molecule has 0 atom stereocenters. The Balaban J connectivity index is 1.61. The number of anilines is 2. The van der Waals surface area contributed by atoms with Crippen LogP contribution in [0.3, 0.4) is 0 Å². The summed E-state index contributed by atoms with van der Waals surface area (Å²) in [6.45, 7) is 0.536. The van der Waals surface area contributed by atoms with Gasteiger partial charge in [-0.15, -0.1) is 0 Å². The molecule has 0 spiro atoms. The molecule has 2 aromatic heterocycles. The van der Waals surface area contributed by atoms with E-state index in [0.717, 1.165) is 28.0 Å². The molecule has 4 aromatic rings. The SMILES string of the molecule is Cn1c(CCNc2ncnc(N)c2C#N)nc2cccc(-c3ccc(C#N)cc3)c21. The van der Waals surface area contributed by atoms with Gasteiger partial charge in [-0.25, -0.2) is 15.0 Å². The number of hydrogen-bond acceptors (Lipinski definition) is 7. The molecule has 0 saturated carbocycles. The summed E-state index contributed by atoms with van der Waals surface area (Å²) < 4.78 is 2.07. The number of benzene rings is 2. The number of imidazole rings is 1. The molecule has 0 saturated heterocycles. The molecular weight excluding hydrogens is 376 g/mol. The van der Waals surface area contributed by atoms with Gasteiger partial charge in [0.15, 0.2) is 0 Å². The molecule has 0 fully saturated rings. The summed E-state index contributed by atoms with van der Waals surface area (Å²) in [5, 5.41) is 21.4. The van der Waals surface area contributed by atoms with Crippen molar-refractivity contribution in [2.24, 2.45) is 7.05 Å². The topological polar surface area (TPSA) is 129 Å². The third-order valence-electron chi connectivity index (χ3n) is 4.94. The minimum Gasteiger partial charge on any atom is -0.382 e. The Kier molecular flexibility index (Phi) is 4.98. The zero-order chi connectivity index (χ0) is 21.1. The molecule has 2 heterocycles. The molecule has 3 N–H and O–H groups in total. The van der Waals surface area contributed by atoms with E-state index in [1.54, 1.807) is 0 Å². The lowest BCUT2D eigenvalue weighted by Gasteiger charge is -2.09. The largest absolute Gasteiger partial charge is 0.382 e. The van der Waals surface area contributed by atoms with Crippen LogP contribution in [-0.2, 0) is 13.5 Å². The second-order valence-corrected chi connectivity index (χ2v) is 6.72. The molecule has 8 nitrogen and oxygen atoms in total. The van der Waals surface area contributed by atoms with Crippen LogP contribution < -0.4 is 11.1 Å². The molecule has 0 amide bonds. The first-order chi connectivity index (χ1) is 14.6. The van der Waals surface area contributed by atoms with Crippen LogP contribution in [0.25, 0.3) is 22.2 Å². The van der Waals surface area contributed by atoms with Crippen molar-refractivity contribution < 1.29 is 0 Å². The van der Waals surface area contributed by atoms with Crippen LogP contribution in [0, 0.1) is 22.7 Å². The van der Waals surface area contributed by atoms with E-state index < -0.39 is 0 Å². The van der Waals surface area contributed by atoms with Gasteiger partial charge in [0.05, 0.1) is 22.7 Å². The number of para-hydroxylation sites is 1. The average Bonchev–Trinajstić information content (AvgIpc) is 3.10. The van der Waals surface area contributed by atoms with Crippen molar-refractivity contribution in [2.75, 3.05) is 17.6 Å². The van der Waals surface area contributed by atoms with Gasteiger partial charge in [-0.1, -0.05) is 24.3 Å². The van der Waals surface area contributed by atoms with Crippen molar-refractivity contribution >= 4 is 22.7 Å². The molecule has 0 unspecified atom stereocenters. The molecular formula is C22H18N8. The van der Waals surface area contributed by atoms with E-state index in [4.69, 9.17) is 16.0 Å². The predicted molar refractivity (Wildman–Crippen MR) is 114 cm³/mol. The molecule has 0 aliphatic carbocycles. The predicted octanol–water partition coefficient (Wildman–Crippen LogP) is 3.01. The fourth-order valence-electron chi connectivity index (χ4n) is 3.43. The third kappa shape index (κ3) is 3.38. The number of fused-ring (bicyclic) bond motifs is 1. The highest BCUT2D eigenvalue weighted by Gasteiger charge is 2.13. The first-order valence-corrected chi connectivity index (χ1v) is 9.31. The maximum absolute atomic E-state index is 9.24. The van der Waals surface area contributed by atoms with Gasteiger partial charge >= 0.3 is 0 Å². The van der Waals surface area contributed by atoms with E-state index in [0.29, 0.717) is 24.3 Å². The fourth-order valence-corrected chi connectivity index (χ4v) is 3.43. The molecule has 2 aromatic carbocycles. The van der Waals surface area contributed by atoms with Gasteiger partial charge in [-0.3, -0.25) is 0 Å². The molecule has 146 valence electrons. The van der Waals surface area contributed by atoms with Crippen molar-refractivity contribution in [3.05, 3.63) is 65.7 Å². The molecule has 8 heteroatoms. The first kappa shape index (κ1) is 18.9. The number of aryl methyl sites for hydroxylation is 1. The number of nitrogens with one attached hydrogen (secondary N) is 1. The van der Waals surface area contributed by atoms with E-state index in [2.05, 4.69) is 32.0 Å². The second-order valence-electron chi connectivity index (χ2n) is 6.72. The minimum absolute atomic E-state index is 0.157. The summed E-state index contributed by atoms with van der Waals surface area (Å²) in [5.74, 6) is 1.48. The standard InChI is InChI=1S/C22H18N8/c1-30-19(9-10-26-22-17(12-24)21(25)27-13-28-22)29-18-4-2-3-16(20(18)30)15-7-5-14(11-23)6-8-15/h2-8,13H,9-10H2,1H3,(H3,25,26,27,28). The number of aromatic nitrogens is 4. The van der Waals surface area contributed by atoms with Crippen LogP contribution in [0.1, 0.15) is 17.0 Å². The Hall–Kier alpha value is -4.43. The maximum Gasteiger partial charge on any atom is 0.149 e. The number of nitriles is 2.